The first-order valence-electron chi connectivity index (χ1n) is 5.49. The molecule has 0 atom stereocenters. The first-order valence-corrected chi connectivity index (χ1v) is 5.49. The molecule has 0 aromatic heterocycles. The minimum absolute atomic E-state index is 0.167. The summed E-state index contributed by atoms with van der Waals surface area (Å²) in [5.74, 6) is -0.228. The van der Waals surface area contributed by atoms with Gasteiger partial charge in [-0.05, 0) is 20.8 Å². The first kappa shape index (κ1) is 12.8. The molecule has 0 spiro atoms. The van der Waals surface area contributed by atoms with Crippen molar-refractivity contribution in [2.24, 2.45) is 0 Å². The van der Waals surface area contributed by atoms with Gasteiger partial charge < -0.3 is 14.4 Å². The lowest BCUT2D eigenvalue weighted by atomic mass is 10.1. The maximum absolute atomic E-state index is 11.5. The summed E-state index contributed by atoms with van der Waals surface area (Å²) in [4.78, 5) is 24.0. The lowest BCUT2D eigenvalue weighted by Gasteiger charge is -2.38. The van der Waals surface area contributed by atoms with Crippen LogP contribution in [0.3, 0.4) is 0 Å². The van der Waals surface area contributed by atoms with E-state index >= 15 is 0 Å². The van der Waals surface area contributed by atoms with Gasteiger partial charge in [0.1, 0.15) is 11.7 Å². The molecular formula is C11H19NO4. The minimum Gasteiger partial charge on any atom is -0.459 e. The summed E-state index contributed by atoms with van der Waals surface area (Å²) in [5, 5.41) is 0. The summed E-state index contributed by atoms with van der Waals surface area (Å²) in [6.07, 6.45) is -0.153. The van der Waals surface area contributed by atoms with Gasteiger partial charge in [0, 0.05) is 6.42 Å². The van der Waals surface area contributed by atoms with Crippen molar-refractivity contribution in [1.82, 2.24) is 4.90 Å². The average Bonchev–Trinajstić information content (AvgIpc) is 2.06. The Hall–Kier alpha value is -1.26. The molecule has 1 heterocycles. The predicted octanol–water partition coefficient (Wildman–Crippen LogP) is 1.56. The zero-order chi connectivity index (χ0) is 12.3. The fourth-order valence-corrected chi connectivity index (χ4v) is 1.26. The van der Waals surface area contributed by atoms with Crippen LogP contribution in [-0.4, -0.2) is 41.8 Å². The van der Waals surface area contributed by atoms with Crippen molar-refractivity contribution in [3.05, 3.63) is 0 Å². The molecule has 16 heavy (non-hydrogen) atoms. The van der Waals surface area contributed by atoms with E-state index in [2.05, 4.69) is 0 Å². The molecule has 0 unspecified atom stereocenters. The van der Waals surface area contributed by atoms with Gasteiger partial charge in [0.2, 0.25) is 0 Å². The van der Waals surface area contributed by atoms with Crippen LogP contribution in [0.15, 0.2) is 0 Å². The van der Waals surface area contributed by atoms with E-state index < -0.39 is 5.60 Å². The summed E-state index contributed by atoms with van der Waals surface area (Å²) in [6.45, 7) is 8.06. The molecule has 0 aliphatic carbocycles. The minimum atomic E-state index is -0.484. The lowest BCUT2D eigenvalue weighted by Crippen LogP contribution is -2.56. The Morgan fingerprint density at radius 2 is 1.88 bits per heavy atom. The Kier molecular flexibility index (Phi) is 3.78. The fraction of sp³-hybridized carbons (Fsp3) is 0.818. The van der Waals surface area contributed by atoms with Crippen molar-refractivity contribution in [3.63, 3.8) is 0 Å². The monoisotopic (exact) mass is 229 g/mol. The van der Waals surface area contributed by atoms with Gasteiger partial charge in [-0.1, -0.05) is 6.92 Å². The van der Waals surface area contributed by atoms with Crippen molar-refractivity contribution in [2.45, 2.75) is 45.8 Å². The van der Waals surface area contributed by atoms with Crippen molar-refractivity contribution in [1.29, 1.82) is 0 Å². The number of nitrogens with zero attached hydrogens (tertiary/aromatic N) is 1. The summed E-state index contributed by atoms with van der Waals surface area (Å²) in [6, 6.07) is 0. The van der Waals surface area contributed by atoms with Gasteiger partial charge in [-0.2, -0.15) is 0 Å². The number of likely N-dealkylation sites (tertiary alicyclic amines) is 1. The lowest BCUT2D eigenvalue weighted by molar-refractivity contribution is -0.156. The van der Waals surface area contributed by atoms with Gasteiger partial charge in [0.05, 0.1) is 13.1 Å². The number of hydrogen-bond donors (Lipinski definition) is 0. The molecule has 0 N–H and O–H groups in total. The van der Waals surface area contributed by atoms with E-state index in [0.717, 1.165) is 0 Å². The van der Waals surface area contributed by atoms with Crippen molar-refractivity contribution in [3.8, 4) is 0 Å². The molecular weight excluding hydrogens is 210 g/mol. The van der Waals surface area contributed by atoms with E-state index in [9.17, 15) is 9.59 Å². The molecule has 1 saturated heterocycles. The van der Waals surface area contributed by atoms with E-state index in [1.807, 2.05) is 20.8 Å². The normalized spacial score (nSPS) is 16.6. The van der Waals surface area contributed by atoms with Crippen molar-refractivity contribution >= 4 is 12.1 Å². The van der Waals surface area contributed by atoms with E-state index in [1.54, 1.807) is 6.92 Å². The van der Waals surface area contributed by atoms with Crippen LogP contribution in [-0.2, 0) is 14.3 Å². The topological polar surface area (TPSA) is 55.8 Å². The summed E-state index contributed by atoms with van der Waals surface area (Å²) in [5.41, 5.74) is -0.484. The first-order chi connectivity index (χ1) is 7.31. The SMILES string of the molecule is CCC(=O)OC1CN(C(=O)OC(C)(C)C)C1. The third-order valence-electron chi connectivity index (χ3n) is 2.09. The maximum Gasteiger partial charge on any atom is 0.410 e. The van der Waals surface area contributed by atoms with Crippen LogP contribution in [0.1, 0.15) is 34.1 Å². The second kappa shape index (κ2) is 4.72. The highest BCUT2D eigenvalue weighted by atomic mass is 16.6. The zero-order valence-corrected chi connectivity index (χ0v) is 10.3. The van der Waals surface area contributed by atoms with Gasteiger partial charge in [-0.25, -0.2) is 4.79 Å². The second-order valence-electron chi connectivity index (χ2n) is 4.85. The van der Waals surface area contributed by atoms with Crippen LogP contribution in [0, 0.1) is 0 Å². The smallest absolute Gasteiger partial charge is 0.410 e. The number of hydrogen-bond acceptors (Lipinski definition) is 4. The van der Waals surface area contributed by atoms with Crippen molar-refractivity contribution < 1.29 is 19.1 Å². The van der Waals surface area contributed by atoms with Crippen LogP contribution < -0.4 is 0 Å². The molecule has 1 fully saturated rings. The van der Waals surface area contributed by atoms with E-state index in [4.69, 9.17) is 9.47 Å². The van der Waals surface area contributed by atoms with Gasteiger partial charge in [0.25, 0.3) is 0 Å². The van der Waals surface area contributed by atoms with E-state index in [0.29, 0.717) is 19.5 Å². The Balaban J connectivity index is 2.25. The van der Waals surface area contributed by atoms with Crippen LogP contribution in [0.4, 0.5) is 4.79 Å². The molecule has 0 saturated carbocycles. The zero-order valence-electron chi connectivity index (χ0n) is 10.3. The quantitative estimate of drug-likeness (QED) is 0.674. The third-order valence-corrected chi connectivity index (χ3v) is 2.09. The second-order valence-corrected chi connectivity index (χ2v) is 4.85. The molecule has 5 heteroatoms. The molecule has 0 radical (unpaired) electrons. The molecule has 1 rings (SSSR count). The fourth-order valence-electron chi connectivity index (χ4n) is 1.26. The van der Waals surface area contributed by atoms with Crippen LogP contribution >= 0.6 is 0 Å². The molecule has 1 aliphatic heterocycles. The largest absolute Gasteiger partial charge is 0.459 e. The Bertz CT molecular complexity index is 276. The highest BCUT2D eigenvalue weighted by Crippen LogP contribution is 2.17. The third kappa shape index (κ3) is 3.72. The summed E-state index contributed by atoms with van der Waals surface area (Å²) in [7, 11) is 0. The molecule has 1 amide bonds. The molecule has 0 aromatic carbocycles. The Labute approximate surface area is 95.7 Å². The number of esters is 1. The number of ether oxygens (including phenoxy) is 2. The number of rotatable bonds is 2. The highest BCUT2D eigenvalue weighted by molar-refractivity contribution is 5.71. The highest BCUT2D eigenvalue weighted by Gasteiger charge is 2.35. The molecule has 5 nitrogen and oxygen atoms in total. The Morgan fingerprint density at radius 3 is 2.31 bits per heavy atom. The van der Waals surface area contributed by atoms with E-state index in [-0.39, 0.29) is 18.2 Å². The van der Waals surface area contributed by atoms with E-state index in [1.165, 1.54) is 4.90 Å². The number of carbonyl (C=O) groups is 2. The van der Waals surface area contributed by atoms with Crippen LogP contribution in [0.2, 0.25) is 0 Å². The Morgan fingerprint density at radius 1 is 1.31 bits per heavy atom. The maximum atomic E-state index is 11.5. The molecule has 1 aliphatic rings. The molecule has 0 aromatic rings. The summed E-state index contributed by atoms with van der Waals surface area (Å²) < 4.78 is 10.2. The average molecular weight is 229 g/mol. The van der Waals surface area contributed by atoms with Gasteiger partial charge in [0.15, 0.2) is 0 Å². The number of carbonyl (C=O) groups excluding carboxylic acids is 2. The number of amides is 1. The summed E-state index contributed by atoms with van der Waals surface area (Å²) >= 11 is 0. The molecule has 92 valence electrons. The van der Waals surface area contributed by atoms with Gasteiger partial charge in [-0.3, -0.25) is 4.79 Å². The van der Waals surface area contributed by atoms with Crippen molar-refractivity contribution in [2.75, 3.05) is 13.1 Å². The van der Waals surface area contributed by atoms with Gasteiger partial charge in [-0.15, -0.1) is 0 Å². The van der Waals surface area contributed by atoms with Crippen LogP contribution in [0.25, 0.3) is 0 Å². The predicted molar refractivity (Wildman–Crippen MR) is 58.0 cm³/mol. The van der Waals surface area contributed by atoms with Gasteiger partial charge >= 0.3 is 12.1 Å². The standard InChI is InChI=1S/C11H19NO4/c1-5-9(13)15-8-6-12(7-8)10(14)16-11(2,3)4/h8H,5-7H2,1-4H3. The van der Waals surface area contributed by atoms with Crippen LogP contribution in [0.5, 0.6) is 0 Å². The molecule has 0 bridgehead atoms.